The van der Waals surface area contributed by atoms with Crippen LogP contribution in [0.1, 0.15) is 42.3 Å². The van der Waals surface area contributed by atoms with Gasteiger partial charge in [0, 0.05) is 17.4 Å². The van der Waals surface area contributed by atoms with Gasteiger partial charge in [-0.15, -0.1) is 0 Å². The van der Waals surface area contributed by atoms with Crippen LogP contribution in [0.2, 0.25) is 0 Å². The number of aromatic nitrogens is 3. The molecule has 0 aliphatic carbocycles. The molecule has 4 aromatic rings. The van der Waals surface area contributed by atoms with Crippen LogP contribution in [0.15, 0.2) is 59.6 Å². The minimum Gasteiger partial charge on any atom is -0.545 e. The minimum atomic E-state index is -4.57. The van der Waals surface area contributed by atoms with Gasteiger partial charge in [0.2, 0.25) is 5.95 Å². The number of aromatic carboxylic acids is 1. The number of halogens is 3. The van der Waals surface area contributed by atoms with Crippen molar-refractivity contribution in [3.05, 3.63) is 71.4 Å². The van der Waals surface area contributed by atoms with E-state index in [1.165, 1.54) is 36.5 Å². The van der Waals surface area contributed by atoms with Crippen molar-refractivity contribution in [1.29, 1.82) is 0 Å². The molecule has 2 heterocycles. The van der Waals surface area contributed by atoms with Gasteiger partial charge in [0.25, 0.3) is 10.0 Å². The summed E-state index contributed by atoms with van der Waals surface area (Å²) in [6, 6.07) is 11.7. The normalized spacial score (nSPS) is 12.5. The molecule has 0 saturated carbocycles. The fraction of sp³-hybridized carbons (Fsp3) is 0.269. The summed E-state index contributed by atoms with van der Waals surface area (Å²) in [4.78, 5) is 20.0. The second-order valence-corrected chi connectivity index (χ2v) is 11.8. The zero-order valence-electron chi connectivity index (χ0n) is 21.4. The summed E-state index contributed by atoms with van der Waals surface area (Å²) in [5.41, 5.74) is 0.863. The van der Waals surface area contributed by atoms with Crippen LogP contribution in [-0.2, 0) is 15.4 Å². The molecule has 0 fully saturated rings. The van der Waals surface area contributed by atoms with Crippen molar-refractivity contribution >= 4 is 44.5 Å². The second kappa shape index (κ2) is 9.88. The Bertz CT molecular complexity index is 1660. The summed E-state index contributed by atoms with van der Waals surface area (Å²) in [7, 11) is -4.15. The lowest BCUT2D eigenvalue weighted by molar-refractivity contribution is -0.255. The number of rotatable bonds is 7. The second-order valence-electron chi connectivity index (χ2n) is 9.95. The van der Waals surface area contributed by atoms with Gasteiger partial charge >= 0.3 is 6.18 Å². The van der Waals surface area contributed by atoms with Gasteiger partial charge in [-0.3, -0.25) is 0 Å². The largest absolute Gasteiger partial charge is 0.545 e. The third-order valence-corrected chi connectivity index (χ3v) is 7.53. The molecule has 2 N–H and O–H groups in total. The molecule has 0 aliphatic rings. The van der Waals surface area contributed by atoms with Crippen molar-refractivity contribution in [3.8, 4) is 0 Å². The summed E-state index contributed by atoms with van der Waals surface area (Å²) >= 11 is 0. The van der Waals surface area contributed by atoms with Crippen LogP contribution in [0, 0.1) is 6.92 Å². The SMILES string of the molecule is Cc1ccc(S(=O)(=O)n2ccc3c(NCC(F)(F)F)nc(Nc4ccc(C(=O)[O-])c(C(C)(C)C)c4)nc32)cc1. The van der Waals surface area contributed by atoms with Gasteiger partial charge in [0.15, 0.2) is 5.65 Å². The number of alkyl halides is 3. The number of carbonyl (C=O) groups excluding carboxylic acids is 1. The lowest BCUT2D eigenvalue weighted by Gasteiger charge is -2.24. The highest BCUT2D eigenvalue weighted by Gasteiger charge is 2.28. The van der Waals surface area contributed by atoms with Gasteiger partial charge in [-0.05, 0) is 48.2 Å². The Morgan fingerprint density at radius 2 is 1.69 bits per heavy atom. The molecule has 9 nitrogen and oxygen atoms in total. The van der Waals surface area contributed by atoms with Gasteiger partial charge in [-0.2, -0.15) is 23.1 Å². The van der Waals surface area contributed by atoms with E-state index in [2.05, 4.69) is 20.6 Å². The van der Waals surface area contributed by atoms with Crippen molar-refractivity contribution in [1.82, 2.24) is 13.9 Å². The highest BCUT2D eigenvalue weighted by molar-refractivity contribution is 7.90. The number of anilines is 3. The van der Waals surface area contributed by atoms with Crippen LogP contribution in [0.25, 0.3) is 11.0 Å². The van der Waals surface area contributed by atoms with Gasteiger partial charge in [-0.25, -0.2) is 12.4 Å². The Kier molecular flexibility index (Phi) is 7.06. The summed E-state index contributed by atoms with van der Waals surface area (Å²) in [5, 5.41) is 16.7. The first-order chi connectivity index (χ1) is 18.1. The number of fused-ring (bicyclic) bond motifs is 1. The molecule has 0 saturated heterocycles. The molecule has 2 aromatic carbocycles. The van der Waals surface area contributed by atoms with Crippen molar-refractivity contribution in [2.24, 2.45) is 0 Å². The molecule has 0 atom stereocenters. The van der Waals surface area contributed by atoms with Gasteiger partial charge in [0.1, 0.15) is 12.4 Å². The molecule has 0 radical (unpaired) electrons. The first kappa shape index (κ1) is 27.9. The van der Waals surface area contributed by atoms with Crippen LogP contribution >= 0.6 is 0 Å². The van der Waals surface area contributed by atoms with Crippen molar-refractivity contribution in [3.63, 3.8) is 0 Å². The Balaban J connectivity index is 1.85. The Morgan fingerprint density at radius 1 is 1.03 bits per heavy atom. The number of carboxylic acids is 1. The number of hydrogen-bond donors (Lipinski definition) is 2. The predicted molar refractivity (Wildman–Crippen MR) is 139 cm³/mol. The van der Waals surface area contributed by atoms with Crippen molar-refractivity contribution in [2.45, 2.75) is 44.2 Å². The van der Waals surface area contributed by atoms with Crippen molar-refractivity contribution < 1.29 is 31.5 Å². The fourth-order valence-electron chi connectivity index (χ4n) is 3.93. The summed E-state index contributed by atoms with van der Waals surface area (Å²) in [5.74, 6) is -1.80. The van der Waals surface area contributed by atoms with E-state index in [0.717, 1.165) is 9.54 Å². The standard InChI is InChI=1S/C26H26F3N5O4S/c1-15-5-8-17(9-6-15)39(37,38)34-12-11-19-21(30-14-26(27,28)29)32-24(33-22(19)34)31-16-7-10-18(23(35)36)20(13-16)25(2,3)4/h5-13H,14H2,1-4H3,(H,35,36)(H2,30,31,32,33)/p-1. The molecule has 0 bridgehead atoms. The number of nitrogens with zero attached hydrogens (tertiary/aromatic N) is 3. The summed E-state index contributed by atoms with van der Waals surface area (Å²) in [6.07, 6.45) is -3.37. The summed E-state index contributed by atoms with van der Waals surface area (Å²) < 4.78 is 66.7. The first-order valence-corrected chi connectivity index (χ1v) is 13.2. The maximum Gasteiger partial charge on any atom is 0.405 e. The van der Waals surface area contributed by atoms with E-state index in [4.69, 9.17) is 0 Å². The molecule has 206 valence electrons. The number of hydrogen-bond acceptors (Lipinski definition) is 8. The van der Waals surface area contributed by atoms with E-state index in [-0.39, 0.29) is 33.3 Å². The number of benzene rings is 2. The Hall–Kier alpha value is -4.13. The van der Waals surface area contributed by atoms with E-state index in [1.807, 2.05) is 20.8 Å². The van der Waals surface area contributed by atoms with Crippen LogP contribution < -0.4 is 15.7 Å². The van der Waals surface area contributed by atoms with E-state index >= 15 is 0 Å². The molecule has 4 rings (SSSR count). The molecule has 0 unspecified atom stereocenters. The molecule has 39 heavy (non-hydrogen) atoms. The molecule has 0 spiro atoms. The minimum absolute atomic E-state index is 0.0185. The number of nitrogens with one attached hydrogen (secondary N) is 2. The smallest absolute Gasteiger partial charge is 0.405 e. The third kappa shape index (κ3) is 5.98. The van der Waals surface area contributed by atoms with E-state index in [9.17, 15) is 31.5 Å². The van der Waals surface area contributed by atoms with E-state index in [1.54, 1.807) is 25.1 Å². The topological polar surface area (TPSA) is 129 Å². The highest BCUT2D eigenvalue weighted by Crippen LogP contribution is 2.32. The molecule has 2 aromatic heterocycles. The maximum absolute atomic E-state index is 13.4. The Labute approximate surface area is 222 Å². The number of aryl methyl sites for hydroxylation is 1. The number of carboxylic acid groups (broad SMARTS) is 1. The monoisotopic (exact) mass is 560 g/mol. The highest BCUT2D eigenvalue weighted by atomic mass is 32.2. The molecule has 0 amide bonds. The first-order valence-electron chi connectivity index (χ1n) is 11.7. The third-order valence-electron chi connectivity index (χ3n) is 5.85. The van der Waals surface area contributed by atoms with Crippen LogP contribution in [0.4, 0.5) is 30.6 Å². The molecule has 13 heteroatoms. The molecular weight excluding hydrogens is 535 g/mol. The average Bonchev–Trinajstić information content (AvgIpc) is 3.26. The molecule has 0 aliphatic heterocycles. The average molecular weight is 561 g/mol. The lowest BCUT2D eigenvalue weighted by Crippen LogP contribution is -2.27. The zero-order valence-corrected chi connectivity index (χ0v) is 22.2. The van der Waals surface area contributed by atoms with E-state index in [0.29, 0.717) is 11.3 Å². The van der Waals surface area contributed by atoms with Crippen LogP contribution in [0.5, 0.6) is 0 Å². The fourth-order valence-corrected chi connectivity index (χ4v) is 5.23. The maximum atomic E-state index is 13.4. The van der Waals surface area contributed by atoms with Crippen LogP contribution in [0.3, 0.4) is 0 Å². The quantitative estimate of drug-likeness (QED) is 0.341. The summed E-state index contributed by atoms with van der Waals surface area (Å²) in [6.45, 7) is 5.81. The number of carbonyl (C=O) groups is 1. The van der Waals surface area contributed by atoms with Crippen molar-refractivity contribution in [2.75, 3.05) is 17.2 Å². The lowest BCUT2D eigenvalue weighted by atomic mass is 9.83. The predicted octanol–water partition coefficient (Wildman–Crippen LogP) is 4.36. The van der Waals surface area contributed by atoms with E-state index < -0.39 is 34.1 Å². The van der Waals surface area contributed by atoms with Crippen LogP contribution in [-0.4, -0.2) is 41.0 Å². The van der Waals surface area contributed by atoms with Gasteiger partial charge in [0.05, 0.1) is 16.3 Å². The molecular formula is C26H25F3N5O4S-. The Morgan fingerprint density at radius 3 is 2.28 bits per heavy atom. The van der Waals surface area contributed by atoms with Gasteiger partial charge < -0.3 is 20.5 Å². The van der Waals surface area contributed by atoms with Gasteiger partial charge in [-0.1, -0.05) is 44.5 Å². The zero-order chi connectivity index (χ0) is 28.8.